The van der Waals surface area contributed by atoms with Gasteiger partial charge in [-0.25, -0.2) is 8.42 Å². The van der Waals surface area contributed by atoms with Crippen LogP contribution >= 0.6 is 11.3 Å². The summed E-state index contributed by atoms with van der Waals surface area (Å²) in [6.07, 6.45) is 3.97. The summed E-state index contributed by atoms with van der Waals surface area (Å²) in [7, 11) is -3.51. The van der Waals surface area contributed by atoms with Crippen molar-refractivity contribution < 1.29 is 8.42 Å². The second kappa shape index (κ2) is 6.18. The molecule has 6 nitrogen and oxygen atoms in total. The van der Waals surface area contributed by atoms with Crippen LogP contribution < -0.4 is 10.0 Å². The number of rotatable bonds is 7. The maximum Gasteiger partial charge on any atom is 0.271 e. The van der Waals surface area contributed by atoms with E-state index in [-0.39, 0.29) is 0 Å². The summed E-state index contributed by atoms with van der Waals surface area (Å²) in [6, 6.07) is 3.45. The molecule has 2 rings (SSSR count). The third-order valence-corrected chi connectivity index (χ3v) is 5.34. The highest BCUT2D eigenvalue weighted by molar-refractivity contribution is 7.94. The Morgan fingerprint density at radius 3 is 2.95 bits per heavy atom. The molecule has 19 heavy (non-hydrogen) atoms. The predicted molar refractivity (Wildman–Crippen MR) is 75.7 cm³/mol. The summed E-state index contributed by atoms with van der Waals surface area (Å²) in [5.41, 5.74) is 0.430. The first-order chi connectivity index (χ1) is 9.12. The number of H-pyrrole nitrogens is 1. The minimum Gasteiger partial charge on any atom is -0.312 e. The van der Waals surface area contributed by atoms with E-state index in [0.29, 0.717) is 16.4 Å². The zero-order chi connectivity index (χ0) is 13.7. The fourth-order valence-electron chi connectivity index (χ4n) is 1.50. The molecule has 3 N–H and O–H groups in total. The first kappa shape index (κ1) is 14.0. The lowest BCUT2D eigenvalue weighted by molar-refractivity contribution is 0.603. The number of aromatic amines is 1. The molecule has 0 saturated carbocycles. The molecular weight excluding hydrogens is 284 g/mol. The van der Waals surface area contributed by atoms with Crippen LogP contribution in [0.5, 0.6) is 0 Å². The zero-order valence-corrected chi connectivity index (χ0v) is 12.1. The van der Waals surface area contributed by atoms with E-state index in [2.05, 4.69) is 27.2 Å². The Labute approximate surface area is 116 Å². The molecule has 0 aliphatic rings. The van der Waals surface area contributed by atoms with Crippen molar-refractivity contribution >= 4 is 27.0 Å². The van der Waals surface area contributed by atoms with Crippen molar-refractivity contribution in [3.63, 3.8) is 0 Å². The monoisotopic (exact) mass is 300 g/mol. The second-order valence-corrected chi connectivity index (χ2v) is 7.07. The number of sulfonamides is 1. The highest BCUT2D eigenvalue weighted by Gasteiger charge is 2.17. The molecular formula is C11H16N4O2S2. The van der Waals surface area contributed by atoms with E-state index >= 15 is 0 Å². The highest BCUT2D eigenvalue weighted by Crippen LogP contribution is 2.23. The summed E-state index contributed by atoms with van der Waals surface area (Å²) in [5, 5.41) is 9.50. The Morgan fingerprint density at radius 2 is 2.26 bits per heavy atom. The molecule has 0 saturated heterocycles. The van der Waals surface area contributed by atoms with Crippen LogP contribution in [-0.4, -0.2) is 25.2 Å². The molecule has 2 aromatic rings. The fraction of sp³-hybridized carbons (Fsp3) is 0.364. The third kappa shape index (κ3) is 3.79. The van der Waals surface area contributed by atoms with Crippen LogP contribution in [-0.2, 0) is 16.6 Å². The molecule has 0 spiro atoms. The zero-order valence-electron chi connectivity index (χ0n) is 10.5. The summed E-state index contributed by atoms with van der Waals surface area (Å²) in [4.78, 5) is 1.00. The molecule has 0 fully saturated rings. The van der Waals surface area contributed by atoms with Crippen molar-refractivity contribution in [3.8, 4) is 0 Å². The topological polar surface area (TPSA) is 86.9 Å². The SMILES string of the molecule is CCCNCc1ccc(S(=O)(=O)Nc2cn[nH]c2)s1. The molecule has 2 aromatic heterocycles. The minimum absolute atomic E-state index is 0.307. The van der Waals surface area contributed by atoms with Crippen LogP contribution in [0.3, 0.4) is 0 Å². The second-order valence-electron chi connectivity index (χ2n) is 3.99. The summed E-state index contributed by atoms with van der Waals surface area (Å²) in [5.74, 6) is 0. The van der Waals surface area contributed by atoms with E-state index in [4.69, 9.17) is 0 Å². The lowest BCUT2D eigenvalue weighted by Crippen LogP contribution is -2.12. The van der Waals surface area contributed by atoms with E-state index in [1.807, 2.05) is 6.07 Å². The molecule has 0 aromatic carbocycles. The van der Waals surface area contributed by atoms with E-state index in [9.17, 15) is 8.42 Å². The van der Waals surface area contributed by atoms with Crippen molar-refractivity contribution in [3.05, 3.63) is 29.4 Å². The minimum atomic E-state index is -3.51. The van der Waals surface area contributed by atoms with Crippen molar-refractivity contribution in [2.75, 3.05) is 11.3 Å². The average Bonchev–Trinajstić information content (AvgIpc) is 3.00. The molecule has 0 amide bonds. The van der Waals surface area contributed by atoms with E-state index in [1.165, 1.54) is 23.7 Å². The van der Waals surface area contributed by atoms with Gasteiger partial charge in [-0.15, -0.1) is 11.3 Å². The Morgan fingerprint density at radius 1 is 1.42 bits per heavy atom. The van der Waals surface area contributed by atoms with Crippen LogP contribution in [0.1, 0.15) is 18.2 Å². The standard InChI is InChI=1S/C11H16N4O2S2/c1-2-5-12-8-10-3-4-11(18-10)19(16,17)15-9-6-13-14-7-9/h3-4,6-7,12,15H,2,5,8H2,1H3,(H,13,14). The average molecular weight is 300 g/mol. The van der Waals surface area contributed by atoms with Gasteiger partial charge in [-0.2, -0.15) is 5.10 Å². The van der Waals surface area contributed by atoms with Gasteiger partial charge in [0.2, 0.25) is 0 Å². The number of anilines is 1. The number of hydrogen-bond acceptors (Lipinski definition) is 5. The number of nitrogens with zero attached hydrogens (tertiary/aromatic N) is 1. The Kier molecular flexibility index (Phi) is 4.56. The van der Waals surface area contributed by atoms with Crippen LogP contribution in [0.25, 0.3) is 0 Å². The van der Waals surface area contributed by atoms with E-state index in [0.717, 1.165) is 17.8 Å². The van der Waals surface area contributed by atoms with Crippen molar-refractivity contribution in [1.82, 2.24) is 15.5 Å². The summed E-state index contributed by atoms with van der Waals surface area (Å²) < 4.78 is 26.9. The lowest BCUT2D eigenvalue weighted by Gasteiger charge is -2.02. The largest absolute Gasteiger partial charge is 0.312 e. The summed E-state index contributed by atoms with van der Waals surface area (Å²) in [6.45, 7) is 3.71. The third-order valence-electron chi connectivity index (χ3n) is 2.38. The summed E-state index contributed by atoms with van der Waals surface area (Å²) >= 11 is 1.27. The van der Waals surface area contributed by atoms with Gasteiger partial charge < -0.3 is 5.32 Å². The first-order valence-electron chi connectivity index (χ1n) is 5.93. The van der Waals surface area contributed by atoms with Gasteiger partial charge in [0, 0.05) is 17.6 Å². The molecule has 104 valence electrons. The number of hydrogen-bond donors (Lipinski definition) is 3. The first-order valence-corrected chi connectivity index (χ1v) is 8.23. The van der Waals surface area contributed by atoms with Gasteiger partial charge in [0.25, 0.3) is 10.0 Å². The van der Waals surface area contributed by atoms with Gasteiger partial charge in [-0.05, 0) is 25.1 Å². The van der Waals surface area contributed by atoms with Crippen LogP contribution in [0.4, 0.5) is 5.69 Å². The molecule has 0 bridgehead atoms. The highest BCUT2D eigenvalue weighted by atomic mass is 32.2. The van der Waals surface area contributed by atoms with Crippen molar-refractivity contribution in [1.29, 1.82) is 0 Å². The van der Waals surface area contributed by atoms with Crippen molar-refractivity contribution in [2.24, 2.45) is 0 Å². The Balaban J connectivity index is 2.04. The van der Waals surface area contributed by atoms with Gasteiger partial charge in [0.05, 0.1) is 11.9 Å². The molecule has 0 atom stereocenters. The smallest absolute Gasteiger partial charge is 0.271 e. The maximum atomic E-state index is 12.1. The molecule has 0 radical (unpaired) electrons. The molecule has 2 heterocycles. The molecule has 0 aliphatic carbocycles. The maximum absolute atomic E-state index is 12.1. The van der Waals surface area contributed by atoms with Gasteiger partial charge in [-0.3, -0.25) is 9.82 Å². The number of nitrogens with one attached hydrogen (secondary N) is 3. The van der Waals surface area contributed by atoms with Crippen LogP contribution in [0.15, 0.2) is 28.7 Å². The normalized spacial score (nSPS) is 11.6. The van der Waals surface area contributed by atoms with Crippen molar-refractivity contribution in [2.45, 2.75) is 24.1 Å². The predicted octanol–water partition coefficient (Wildman–Crippen LogP) is 1.77. The lowest BCUT2D eigenvalue weighted by atomic mass is 10.4. The molecule has 8 heteroatoms. The van der Waals surface area contributed by atoms with Gasteiger partial charge >= 0.3 is 0 Å². The quantitative estimate of drug-likeness (QED) is 0.680. The van der Waals surface area contributed by atoms with Gasteiger partial charge in [0.15, 0.2) is 0 Å². The fourth-order valence-corrected chi connectivity index (χ4v) is 3.86. The number of aromatic nitrogens is 2. The van der Waals surface area contributed by atoms with Gasteiger partial charge in [0.1, 0.15) is 4.21 Å². The molecule has 0 unspecified atom stereocenters. The van der Waals surface area contributed by atoms with Crippen LogP contribution in [0.2, 0.25) is 0 Å². The van der Waals surface area contributed by atoms with Gasteiger partial charge in [-0.1, -0.05) is 6.92 Å². The number of thiophene rings is 1. The Hall–Kier alpha value is -1.38. The van der Waals surface area contributed by atoms with E-state index < -0.39 is 10.0 Å². The van der Waals surface area contributed by atoms with E-state index in [1.54, 1.807) is 6.07 Å². The van der Waals surface area contributed by atoms with Crippen LogP contribution in [0, 0.1) is 0 Å². The molecule has 0 aliphatic heterocycles. The Bertz CT molecular complexity index is 604.